The standard InChI is InChI=1S/C10H21NO/c1-5-7(3)9(11)10(12)8(4)6-2/h7-9H,5-6,11H2,1-4H3/t7?,8?,9-/m0/s1. The molecule has 2 heteroatoms. The van der Waals surface area contributed by atoms with E-state index in [2.05, 4.69) is 6.92 Å². The van der Waals surface area contributed by atoms with Gasteiger partial charge in [-0.3, -0.25) is 4.79 Å². The minimum absolute atomic E-state index is 0.119. The second-order valence-electron chi connectivity index (χ2n) is 3.62. The van der Waals surface area contributed by atoms with Crippen LogP contribution in [0.25, 0.3) is 0 Å². The first-order chi connectivity index (χ1) is 5.54. The smallest absolute Gasteiger partial charge is 0.152 e. The Kier molecular flexibility index (Phi) is 5.14. The maximum Gasteiger partial charge on any atom is 0.152 e. The summed E-state index contributed by atoms with van der Waals surface area (Å²) in [5, 5.41) is 0. The molecule has 0 aliphatic heterocycles. The molecule has 12 heavy (non-hydrogen) atoms. The van der Waals surface area contributed by atoms with E-state index in [0.29, 0.717) is 5.92 Å². The lowest BCUT2D eigenvalue weighted by atomic mass is 9.89. The summed E-state index contributed by atoms with van der Waals surface area (Å²) in [7, 11) is 0. The minimum Gasteiger partial charge on any atom is -0.321 e. The molecule has 0 spiro atoms. The molecule has 0 aromatic carbocycles. The molecule has 2 unspecified atom stereocenters. The lowest BCUT2D eigenvalue weighted by Gasteiger charge is -2.19. The van der Waals surface area contributed by atoms with Gasteiger partial charge in [0.25, 0.3) is 0 Å². The van der Waals surface area contributed by atoms with Crippen LogP contribution in [0, 0.1) is 11.8 Å². The lowest BCUT2D eigenvalue weighted by Crippen LogP contribution is -2.39. The van der Waals surface area contributed by atoms with Crippen molar-refractivity contribution < 1.29 is 4.79 Å². The molecule has 0 fully saturated rings. The molecular formula is C10H21NO. The third-order valence-electron chi connectivity index (χ3n) is 2.68. The summed E-state index contributed by atoms with van der Waals surface area (Å²) in [5.41, 5.74) is 5.80. The summed E-state index contributed by atoms with van der Waals surface area (Å²) < 4.78 is 0. The molecule has 0 rings (SSSR count). The SMILES string of the molecule is CCC(C)C(=O)[C@@H](N)C(C)CC. The van der Waals surface area contributed by atoms with Crippen LogP contribution in [0.3, 0.4) is 0 Å². The summed E-state index contributed by atoms with van der Waals surface area (Å²) in [6, 6.07) is -0.259. The number of ketones is 1. The van der Waals surface area contributed by atoms with Crippen molar-refractivity contribution in [3.05, 3.63) is 0 Å². The van der Waals surface area contributed by atoms with E-state index in [0.717, 1.165) is 12.8 Å². The predicted octanol–water partition coefficient (Wildman–Crippen LogP) is 1.98. The number of rotatable bonds is 5. The van der Waals surface area contributed by atoms with Gasteiger partial charge in [-0.15, -0.1) is 0 Å². The molecule has 0 aliphatic rings. The fourth-order valence-corrected chi connectivity index (χ4v) is 1.06. The lowest BCUT2D eigenvalue weighted by molar-refractivity contribution is -0.124. The van der Waals surface area contributed by atoms with E-state index in [9.17, 15) is 4.79 Å². The average molecular weight is 171 g/mol. The first-order valence-corrected chi connectivity index (χ1v) is 4.83. The topological polar surface area (TPSA) is 43.1 Å². The zero-order valence-electron chi connectivity index (χ0n) is 8.63. The Hall–Kier alpha value is -0.370. The third-order valence-corrected chi connectivity index (χ3v) is 2.68. The normalized spacial score (nSPS) is 18.4. The van der Waals surface area contributed by atoms with Crippen molar-refractivity contribution in [1.29, 1.82) is 0 Å². The van der Waals surface area contributed by atoms with Crippen LogP contribution in [0.5, 0.6) is 0 Å². The van der Waals surface area contributed by atoms with Gasteiger partial charge in [-0.05, 0) is 12.3 Å². The van der Waals surface area contributed by atoms with Gasteiger partial charge in [0.1, 0.15) is 0 Å². The van der Waals surface area contributed by atoms with E-state index in [1.54, 1.807) is 0 Å². The van der Waals surface area contributed by atoms with Crippen molar-refractivity contribution in [3.8, 4) is 0 Å². The van der Waals surface area contributed by atoms with Crippen LogP contribution in [0.4, 0.5) is 0 Å². The molecule has 0 saturated carbocycles. The van der Waals surface area contributed by atoms with Crippen LogP contribution in [0.15, 0.2) is 0 Å². The Morgan fingerprint density at radius 2 is 1.75 bits per heavy atom. The summed E-state index contributed by atoms with van der Waals surface area (Å²) in [4.78, 5) is 11.5. The van der Waals surface area contributed by atoms with Crippen LogP contribution in [0.1, 0.15) is 40.5 Å². The van der Waals surface area contributed by atoms with Crippen molar-refractivity contribution in [2.75, 3.05) is 0 Å². The van der Waals surface area contributed by atoms with Crippen molar-refractivity contribution in [2.24, 2.45) is 17.6 Å². The van der Waals surface area contributed by atoms with Gasteiger partial charge in [-0.25, -0.2) is 0 Å². The van der Waals surface area contributed by atoms with Gasteiger partial charge in [-0.1, -0.05) is 34.1 Å². The van der Waals surface area contributed by atoms with Crippen LogP contribution >= 0.6 is 0 Å². The Labute approximate surface area is 75.5 Å². The first-order valence-electron chi connectivity index (χ1n) is 4.83. The number of hydrogen-bond acceptors (Lipinski definition) is 2. The van der Waals surface area contributed by atoms with E-state index in [4.69, 9.17) is 5.73 Å². The van der Waals surface area contributed by atoms with Gasteiger partial charge in [0.15, 0.2) is 5.78 Å². The van der Waals surface area contributed by atoms with Crippen LogP contribution in [-0.2, 0) is 4.79 Å². The molecular weight excluding hydrogens is 150 g/mol. The molecule has 0 amide bonds. The fraction of sp³-hybridized carbons (Fsp3) is 0.900. The molecule has 0 radical (unpaired) electrons. The highest BCUT2D eigenvalue weighted by atomic mass is 16.1. The van der Waals surface area contributed by atoms with Crippen molar-refractivity contribution in [3.63, 3.8) is 0 Å². The molecule has 0 aromatic rings. The quantitative estimate of drug-likeness (QED) is 0.687. The first kappa shape index (κ1) is 11.6. The highest BCUT2D eigenvalue weighted by Gasteiger charge is 2.22. The minimum atomic E-state index is -0.259. The van der Waals surface area contributed by atoms with Gasteiger partial charge in [0.2, 0.25) is 0 Å². The van der Waals surface area contributed by atoms with E-state index in [1.807, 2.05) is 20.8 Å². The van der Waals surface area contributed by atoms with E-state index >= 15 is 0 Å². The highest BCUT2D eigenvalue weighted by molar-refractivity contribution is 5.85. The maximum absolute atomic E-state index is 11.5. The van der Waals surface area contributed by atoms with Gasteiger partial charge < -0.3 is 5.73 Å². The van der Waals surface area contributed by atoms with E-state index in [-0.39, 0.29) is 17.7 Å². The maximum atomic E-state index is 11.5. The molecule has 3 atom stereocenters. The van der Waals surface area contributed by atoms with Gasteiger partial charge >= 0.3 is 0 Å². The molecule has 2 N–H and O–H groups in total. The number of carbonyl (C=O) groups excluding carboxylic acids is 1. The third kappa shape index (κ3) is 2.94. The second kappa shape index (κ2) is 5.31. The molecule has 0 aliphatic carbocycles. The van der Waals surface area contributed by atoms with Crippen molar-refractivity contribution >= 4 is 5.78 Å². The Balaban J connectivity index is 4.09. The molecule has 2 nitrogen and oxygen atoms in total. The monoisotopic (exact) mass is 171 g/mol. The largest absolute Gasteiger partial charge is 0.321 e. The van der Waals surface area contributed by atoms with Gasteiger partial charge in [-0.2, -0.15) is 0 Å². The molecule has 0 aromatic heterocycles. The number of hydrogen-bond donors (Lipinski definition) is 1. The van der Waals surface area contributed by atoms with E-state index < -0.39 is 0 Å². The van der Waals surface area contributed by atoms with Gasteiger partial charge in [0.05, 0.1) is 6.04 Å². The summed E-state index contributed by atoms with van der Waals surface area (Å²) in [6.07, 6.45) is 1.87. The molecule has 0 heterocycles. The average Bonchev–Trinajstić information content (AvgIpc) is 2.12. The van der Waals surface area contributed by atoms with Crippen LogP contribution in [-0.4, -0.2) is 11.8 Å². The second-order valence-corrected chi connectivity index (χ2v) is 3.62. The Bertz CT molecular complexity index is 145. The van der Waals surface area contributed by atoms with Gasteiger partial charge in [0, 0.05) is 5.92 Å². The zero-order chi connectivity index (χ0) is 9.72. The molecule has 72 valence electrons. The van der Waals surface area contributed by atoms with Crippen LogP contribution < -0.4 is 5.73 Å². The number of Topliss-reactive ketones (excluding diaryl/α,β-unsaturated/α-hetero) is 1. The highest BCUT2D eigenvalue weighted by Crippen LogP contribution is 2.12. The Morgan fingerprint density at radius 3 is 2.08 bits per heavy atom. The number of carbonyl (C=O) groups is 1. The molecule has 0 saturated heterocycles. The summed E-state index contributed by atoms with van der Waals surface area (Å²) in [6.45, 7) is 8.07. The predicted molar refractivity (Wildman–Crippen MR) is 51.9 cm³/mol. The summed E-state index contributed by atoms with van der Waals surface area (Å²) >= 11 is 0. The van der Waals surface area contributed by atoms with E-state index in [1.165, 1.54) is 0 Å². The van der Waals surface area contributed by atoms with Crippen molar-refractivity contribution in [1.82, 2.24) is 0 Å². The molecule has 0 bridgehead atoms. The number of nitrogens with two attached hydrogens (primary N) is 1. The van der Waals surface area contributed by atoms with Crippen molar-refractivity contribution in [2.45, 2.75) is 46.6 Å². The Morgan fingerprint density at radius 1 is 1.25 bits per heavy atom. The fourth-order valence-electron chi connectivity index (χ4n) is 1.06. The van der Waals surface area contributed by atoms with Crippen LogP contribution in [0.2, 0.25) is 0 Å². The zero-order valence-corrected chi connectivity index (χ0v) is 8.63. The summed E-state index contributed by atoms with van der Waals surface area (Å²) in [5.74, 6) is 0.646.